The van der Waals surface area contributed by atoms with E-state index in [1.165, 1.54) is 0 Å². The Morgan fingerprint density at radius 3 is 2.60 bits per heavy atom. The number of thioether (sulfide) groups is 1. The van der Waals surface area contributed by atoms with Crippen molar-refractivity contribution in [2.75, 3.05) is 17.7 Å². The molecule has 1 aromatic carbocycles. The predicted octanol–water partition coefficient (Wildman–Crippen LogP) is 2.23. The van der Waals surface area contributed by atoms with Gasteiger partial charge in [-0.2, -0.15) is 0 Å². The molecule has 15 heavy (non-hydrogen) atoms. The highest BCUT2D eigenvalue weighted by Crippen LogP contribution is 2.17. The fourth-order valence-electron chi connectivity index (χ4n) is 0.977. The first kappa shape index (κ1) is 12.0. The Kier molecular flexibility index (Phi) is 4.58. The van der Waals surface area contributed by atoms with Gasteiger partial charge < -0.3 is 10.0 Å². The van der Waals surface area contributed by atoms with E-state index in [-0.39, 0.29) is 5.75 Å². The van der Waals surface area contributed by atoms with E-state index in [0.717, 1.165) is 17.4 Å². The van der Waals surface area contributed by atoms with Crippen LogP contribution in [-0.4, -0.2) is 28.2 Å². The van der Waals surface area contributed by atoms with E-state index >= 15 is 0 Å². The van der Waals surface area contributed by atoms with Gasteiger partial charge in [0.2, 0.25) is 0 Å². The van der Waals surface area contributed by atoms with E-state index in [4.69, 9.17) is 17.3 Å². The minimum absolute atomic E-state index is 0.00396. The maximum absolute atomic E-state index is 10.4. The number of para-hydroxylation sites is 1. The molecule has 1 N–H and O–H groups in total. The summed E-state index contributed by atoms with van der Waals surface area (Å²) in [4.78, 5) is 12.2. The van der Waals surface area contributed by atoms with Crippen molar-refractivity contribution in [1.82, 2.24) is 0 Å². The van der Waals surface area contributed by atoms with Crippen molar-refractivity contribution in [3.8, 4) is 0 Å². The molecule has 1 rings (SSSR count). The van der Waals surface area contributed by atoms with Crippen LogP contribution in [0.25, 0.3) is 0 Å². The number of thiocarbonyl (C=S) groups is 1. The van der Waals surface area contributed by atoms with Crippen molar-refractivity contribution in [1.29, 1.82) is 0 Å². The smallest absolute Gasteiger partial charge is 0.313 e. The molecule has 5 heteroatoms. The second-order valence-electron chi connectivity index (χ2n) is 2.84. The largest absolute Gasteiger partial charge is 0.481 e. The van der Waals surface area contributed by atoms with Crippen LogP contribution in [0.4, 0.5) is 5.69 Å². The standard InChI is InChI=1S/C10H11NO2S2/c1-11(8-5-3-2-4-6-8)10(14)15-7-9(12)13/h2-6H,7H2,1H3,(H,12,13). The third-order valence-corrected chi connectivity index (χ3v) is 3.28. The van der Waals surface area contributed by atoms with Crippen molar-refractivity contribution in [2.24, 2.45) is 0 Å². The van der Waals surface area contributed by atoms with Crippen LogP contribution in [0.3, 0.4) is 0 Å². The molecule has 0 amide bonds. The quantitative estimate of drug-likeness (QED) is 0.822. The Labute approximate surface area is 98.1 Å². The van der Waals surface area contributed by atoms with Gasteiger partial charge in [0.25, 0.3) is 0 Å². The lowest BCUT2D eigenvalue weighted by Gasteiger charge is -2.18. The van der Waals surface area contributed by atoms with Gasteiger partial charge in [-0.05, 0) is 12.1 Å². The Balaban J connectivity index is 2.57. The summed E-state index contributed by atoms with van der Waals surface area (Å²) in [6, 6.07) is 9.60. The molecule has 0 aliphatic heterocycles. The number of benzene rings is 1. The van der Waals surface area contributed by atoms with Crippen molar-refractivity contribution in [3.05, 3.63) is 30.3 Å². The van der Waals surface area contributed by atoms with E-state index in [1.54, 1.807) is 4.90 Å². The van der Waals surface area contributed by atoms with Gasteiger partial charge in [-0.25, -0.2) is 0 Å². The number of carbonyl (C=O) groups is 1. The molecule has 1 aromatic rings. The van der Waals surface area contributed by atoms with Crippen molar-refractivity contribution in [3.63, 3.8) is 0 Å². The maximum Gasteiger partial charge on any atom is 0.313 e. The first-order valence-electron chi connectivity index (χ1n) is 4.28. The van der Waals surface area contributed by atoms with Crippen LogP contribution in [0.1, 0.15) is 0 Å². The van der Waals surface area contributed by atoms with E-state index in [0.29, 0.717) is 4.32 Å². The molecule has 0 aliphatic rings. The van der Waals surface area contributed by atoms with Crippen LogP contribution in [0.5, 0.6) is 0 Å². The molecule has 0 heterocycles. The summed E-state index contributed by atoms with van der Waals surface area (Å²) < 4.78 is 0.559. The lowest BCUT2D eigenvalue weighted by Crippen LogP contribution is -2.22. The number of aliphatic carboxylic acids is 1. The number of rotatable bonds is 3. The zero-order chi connectivity index (χ0) is 11.3. The second kappa shape index (κ2) is 5.72. The first-order valence-corrected chi connectivity index (χ1v) is 5.68. The van der Waals surface area contributed by atoms with Gasteiger partial charge in [0, 0.05) is 12.7 Å². The summed E-state index contributed by atoms with van der Waals surface area (Å²) in [6.45, 7) is 0. The van der Waals surface area contributed by atoms with E-state index in [9.17, 15) is 4.79 Å². The summed E-state index contributed by atoms with van der Waals surface area (Å²) in [6.07, 6.45) is 0. The highest BCUT2D eigenvalue weighted by atomic mass is 32.2. The average Bonchev–Trinajstić information content (AvgIpc) is 2.26. The summed E-state index contributed by atoms with van der Waals surface area (Å²) in [7, 11) is 1.83. The molecule has 0 aromatic heterocycles. The summed E-state index contributed by atoms with van der Waals surface area (Å²) in [5.74, 6) is -0.862. The Bertz CT molecular complexity index is 354. The van der Waals surface area contributed by atoms with Gasteiger partial charge in [0.15, 0.2) is 0 Å². The van der Waals surface area contributed by atoms with Crippen LogP contribution >= 0.6 is 24.0 Å². The molecule has 80 valence electrons. The second-order valence-corrected chi connectivity index (χ2v) is 4.45. The zero-order valence-corrected chi connectivity index (χ0v) is 9.85. The molecule has 0 saturated carbocycles. The average molecular weight is 241 g/mol. The van der Waals surface area contributed by atoms with Crippen molar-refractivity contribution in [2.45, 2.75) is 0 Å². The van der Waals surface area contributed by atoms with Gasteiger partial charge >= 0.3 is 5.97 Å². The SMILES string of the molecule is CN(C(=S)SCC(=O)O)c1ccccc1. The highest BCUT2D eigenvalue weighted by molar-refractivity contribution is 8.23. The van der Waals surface area contributed by atoms with Gasteiger partial charge in [0.05, 0.1) is 5.75 Å². The molecule has 0 aliphatic carbocycles. The Hall–Kier alpha value is -1.07. The number of hydrogen-bond donors (Lipinski definition) is 1. The molecular weight excluding hydrogens is 230 g/mol. The molecular formula is C10H11NO2S2. The Morgan fingerprint density at radius 2 is 2.07 bits per heavy atom. The molecule has 3 nitrogen and oxygen atoms in total. The third-order valence-electron chi connectivity index (χ3n) is 1.74. The fourth-order valence-corrected chi connectivity index (χ4v) is 1.81. The minimum Gasteiger partial charge on any atom is -0.481 e. The number of nitrogens with zero attached hydrogens (tertiary/aromatic N) is 1. The molecule has 0 radical (unpaired) electrons. The number of carboxylic acids is 1. The van der Waals surface area contributed by atoms with Crippen molar-refractivity contribution >= 4 is 40.0 Å². The summed E-state index contributed by atoms with van der Waals surface area (Å²) in [5.41, 5.74) is 0.959. The van der Waals surface area contributed by atoms with Crippen LogP contribution in [-0.2, 0) is 4.79 Å². The summed E-state index contributed by atoms with van der Waals surface area (Å²) >= 11 is 6.25. The van der Waals surface area contributed by atoms with Gasteiger partial charge in [-0.3, -0.25) is 4.79 Å². The monoisotopic (exact) mass is 241 g/mol. The van der Waals surface area contributed by atoms with Crippen LogP contribution in [0, 0.1) is 0 Å². The first-order chi connectivity index (χ1) is 7.11. The topological polar surface area (TPSA) is 40.5 Å². The lowest BCUT2D eigenvalue weighted by atomic mass is 10.3. The van der Waals surface area contributed by atoms with Gasteiger partial charge in [0.1, 0.15) is 4.32 Å². The molecule has 0 saturated heterocycles. The van der Waals surface area contributed by atoms with E-state index < -0.39 is 5.97 Å². The zero-order valence-electron chi connectivity index (χ0n) is 8.21. The predicted molar refractivity (Wildman–Crippen MR) is 67.5 cm³/mol. The van der Waals surface area contributed by atoms with Crippen LogP contribution in [0.2, 0.25) is 0 Å². The van der Waals surface area contributed by atoms with Crippen LogP contribution < -0.4 is 4.90 Å². The molecule has 0 unspecified atom stereocenters. The number of hydrogen-bond acceptors (Lipinski definition) is 3. The molecule has 0 atom stereocenters. The molecule has 0 bridgehead atoms. The number of carboxylic acid groups (broad SMARTS) is 1. The third kappa shape index (κ3) is 3.89. The molecule has 0 spiro atoms. The normalized spacial score (nSPS) is 9.67. The Morgan fingerprint density at radius 1 is 1.47 bits per heavy atom. The summed E-state index contributed by atoms with van der Waals surface area (Å²) in [5, 5.41) is 8.52. The minimum atomic E-state index is -0.858. The maximum atomic E-state index is 10.4. The van der Waals surface area contributed by atoms with Gasteiger partial charge in [-0.1, -0.05) is 42.2 Å². The lowest BCUT2D eigenvalue weighted by molar-refractivity contribution is -0.133. The highest BCUT2D eigenvalue weighted by Gasteiger charge is 2.08. The van der Waals surface area contributed by atoms with Crippen LogP contribution in [0.15, 0.2) is 30.3 Å². The fraction of sp³-hybridized carbons (Fsp3) is 0.200. The number of anilines is 1. The van der Waals surface area contributed by atoms with Gasteiger partial charge in [-0.15, -0.1) is 0 Å². The van der Waals surface area contributed by atoms with E-state index in [2.05, 4.69) is 0 Å². The molecule has 0 fully saturated rings. The van der Waals surface area contributed by atoms with E-state index in [1.807, 2.05) is 37.4 Å². The van der Waals surface area contributed by atoms with Crippen molar-refractivity contribution < 1.29 is 9.90 Å².